The van der Waals surface area contributed by atoms with Crippen LogP contribution in [-0.2, 0) is 0 Å². The highest BCUT2D eigenvalue weighted by atomic mass is 31.1. The lowest BCUT2D eigenvalue weighted by Crippen LogP contribution is -2.21. The summed E-state index contributed by atoms with van der Waals surface area (Å²) in [4.78, 5) is 0. The standard InChI is InChI=1S/C20H19OP/c1-16(20-14-8-9-17(20)15-21)22(18-10-4-2-5-11-18)19-12-6-3-7-13-19/h2-16,21H,1H3/p-1/b17-15-/t16-/m0/s1. The second-order valence-corrected chi connectivity index (χ2v) is 7.82. The van der Waals surface area contributed by atoms with Crippen LogP contribution in [0.5, 0.6) is 0 Å². The molecule has 0 aliphatic heterocycles. The van der Waals surface area contributed by atoms with Crippen molar-refractivity contribution in [2.75, 3.05) is 0 Å². The number of hydrogen-bond acceptors (Lipinski definition) is 1. The second-order valence-electron chi connectivity index (χ2n) is 5.27. The molecule has 0 amide bonds. The summed E-state index contributed by atoms with van der Waals surface area (Å²) in [6.07, 6.45) is 6.92. The monoisotopic (exact) mass is 305 g/mol. The van der Waals surface area contributed by atoms with Crippen molar-refractivity contribution in [3.63, 3.8) is 0 Å². The molecule has 0 N–H and O–H groups in total. The van der Waals surface area contributed by atoms with Gasteiger partial charge in [0.15, 0.2) is 0 Å². The topological polar surface area (TPSA) is 23.1 Å². The quantitative estimate of drug-likeness (QED) is 0.628. The first kappa shape index (κ1) is 14.8. The van der Waals surface area contributed by atoms with Gasteiger partial charge in [-0.3, -0.25) is 0 Å². The molecule has 0 saturated carbocycles. The number of hydrogen-bond donors (Lipinski definition) is 0. The summed E-state index contributed by atoms with van der Waals surface area (Å²) < 4.78 is 0. The van der Waals surface area contributed by atoms with Gasteiger partial charge in [0, 0.05) is 5.66 Å². The Kier molecular flexibility index (Phi) is 4.56. The van der Waals surface area contributed by atoms with Gasteiger partial charge in [-0.1, -0.05) is 85.8 Å². The van der Waals surface area contributed by atoms with Gasteiger partial charge in [0.25, 0.3) is 0 Å². The van der Waals surface area contributed by atoms with Crippen molar-refractivity contribution in [1.82, 2.24) is 0 Å². The SMILES string of the molecule is C[C@@H](C1=CC=C/C1=C/[O-])P(c1ccccc1)c1ccccc1. The molecule has 3 rings (SSSR count). The Morgan fingerprint density at radius 1 is 0.909 bits per heavy atom. The molecule has 1 aliphatic rings. The Balaban J connectivity index is 2.03. The van der Waals surface area contributed by atoms with E-state index < -0.39 is 7.92 Å². The molecule has 0 fully saturated rings. The van der Waals surface area contributed by atoms with E-state index in [1.165, 1.54) is 10.6 Å². The maximum Gasteiger partial charge on any atom is 0.00991 e. The third-order valence-corrected chi connectivity index (χ3v) is 6.68. The van der Waals surface area contributed by atoms with Crippen molar-refractivity contribution in [1.29, 1.82) is 0 Å². The molecule has 110 valence electrons. The van der Waals surface area contributed by atoms with E-state index >= 15 is 0 Å². The highest BCUT2D eigenvalue weighted by Gasteiger charge is 2.25. The minimum absolute atomic E-state index is 0.301. The number of benzene rings is 2. The average Bonchev–Trinajstić information content (AvgIpc) is 3.06. The minimum atomic E-state index is -0.543. The Morgan fingerprint density at radius 3 is 1.95 bits per heavy atom. The fraction of sp³-hybridized carbons (Fsp3) is 0.100. The first-order valence-corrected chi connectivity index (χ1v) is 8.82. The normalized spacial score (nSPS) is 17.0. The third-order valence-electron chi connectivity index (χ3n) is 3.92. The van der Waals surface area contributed by atoms with Crippen LogP contribution in [0.4, 0.5) is 0 Å². The van der Waals surface area contributed by atoms with E-state index in [-0.39, 0.29) is 0 Å². The summed E-state index contributed by atoms with van der Waals surface area (Å²) in [5.74, 6) is 0. The van der Waals surface area contributed by atoms with Gasteiger partial charge in [0.1, 0.15) is 0 Å². The predicted octanol–water partition coefficient (Wildman–Crippen LogP) is 3.25. The van der Waals surface area contributed by atoms with Crippen LogP contribution in [0.1, 0.15) is 6.92 Å². The van der Waals surface area contributed by atoms with Crippen molar-refractivity contribution in [3.05, 3.63) is 96.3 Å². The smallest absolute Gasteiger partial charge is 0.00991 e. The molecule has 1 aliphatic carbocycles. The number of allylic oxidation sites excluding steroid dienone is 5. The Morgan fingerprint density at radius 2 is 1.45 bits per heavy atom. The largest absolute Gasteiger partial charge is 0.877 e. The first-order valence-electron chi connectivity index (χ1n) is 7.41. The summed E-state index contributed by atoms with van der Waals surface area (Å²) in [6.45, 7) is 2.23. The molecule has 1 nitrogen and oxygen atoms in total. The lowest BCUT2D eigenvalue weighted by Gasteiger charge is -2.28. The zero-order valence-electron chi connectivity index (χ0n) is 12.5. The summed E-state index contributed by atoms with van der Waals surface area (Å²) in [5, 5.41) is 14.0. The summed E-state index contributed by atoms with van der Waals surface area (Å²) in [7, 11) is -0.543. The van der Waals surface area contributed by atoms with Crippen molar-refractivity contribution in [3.8, 4) is 0 Å². The highest BCUT2D eigenvalue weighted by molar-refractivity contribution is 7.73. The van der Waals surface area contributed by atoms with Gasteiger partial charge >= 0.3 is 0 Å². The summed E-state index contributed by atoms with van der Waals surface area (Å²) >= 11 is 0. The van der Waals surface area contributed by atoms with E-state index in [0.717, 1.165) is 17.4 Å². The zero-order chi connectivity index (χ0) is 15.4. The van der Waals surface area contributed by atoms with Crippen molar-refractivity contribution >= 4 is 18.5 Å². The lowest BCUT2D eigenvalue weighted by atomic mass is 10.1. The molecule has 0 aromatic heterocycles. The molecule has 2 heteroatoms. The van der Waals surface area contributed by atoms with Gasteiger partial charge in [-0.15, -0.1) is 6.26 Å². The summed E-state index contributed by atoms with van der Waals surface area (Å²) in [5.41, 5.74) is 2.26. The Bertz CT molecular complexity index is 674. The van der Waals surface area contributed by atoms with Gasteiger partial charge in [-0.25, -0.2) is 0 Å². The maximum atomic E-state index is 11.3. The van der Waals surface area contributed by atoms with E-state index in [1.54, 1.807) is 0 Å². The average molecular weight is 305 g/mol. The van der Waals surface area contributed by atoms with Gasteiger partial charge in [0.05, 0.1) is 0 Å². The van der Waals surface area contributed by atoms with Gasteiger partial charge in [-0.2, -0.15) is 0 Å². The Hall–Kier alpha value is -2.11. The predicted molar refractivity (Wildman–Crippen MR) is 93.8 cm³/mol. The minimum Gasteiger partial charge on any atom is -0.877 e. The van der Waals surface area contributed by atoms with Crippen molar-refractivity contribution < 1.29 is 5.11 Å². The van der Waals surface area contributed by atoms with Crippen LogP contribution in [0, 0.1) is 0 Å². The second kappa shape index (κ2) is 6.77. The highest BCUT2D eigenvalue weighted by Crippen LogP contribution is 2.45. The van der Waals surface area contributed by atoms with Crippen LogP contribution < -0.4 is 15.7 Å². The van der Waals surface area contributed by atoms with Crippen LogP contribution in [0.15, 0.2) is 96.3 Å². The van der Waals surface area contributed by atoms with E-state index in [0.29, 0.717) is 5.66 Å². The molecule has 0 unspecified atom stereocenters. The molecule has 0 heterocycles. The van der Waals surface area contributed by atoms with E-state index in [2.05, 4.69) is 61.5 Å². The lowest BCUT2D eigenvalue weighted by molar-refractivity contribution is -0.275. The molecular formula is C20H18OP-. The van der Waals surface area contributed by atoms with Crippen LogP contribution in [0.3, 0.4) is 0 Å². The van der Waals surface area contributed by atoms with Gasteiger partial charge < -0.3 is 5.11 Å². The molecule has 0 saturated heterocycles. The fourth-order valence-corrected chi connectivity index (χ4v) is 5.54. The zero-order valence-corrected chi connectivity index (χ0v) is 13.4. The fourth-order valence-electron chi connectivity index (χ4n) is 2.85. The van der Waals surface area contributed by atoms with Crippen molar-refractivity contribution in [2.24, 2.45) is 0 Å². The summed E-state index contributed by atoms with van der Waals surface area (Å²) in [6, 6.07) is 21.2. The molecular weight excluding hydrogens is 287 g/mol. The molecule has 0 bridgehead atoms. The van der Waals surface area contributed by atoms with Crippen LogP contribution in [-0.4, -0.2) is 5.66 Å². The molecule has 0 radical (unpaired) electrons. The molecule has 0 spiro atoms. The molecule has 2 aromatic rings. The van der Waals surface area contributed by atoms with Crippen molar-refractivity contribution in [2.45, 2.75) is 12.6 Å². The number of rotatable bonds is 4. The maximum absolute atomic E-state index is 11.3. The van der Waals surface area contributed by atoms with Gasteiger partial charge in [0.2, 0.25) is 0 Å². The third kappa shape index (κ3) is 2.91. The van der Waals surface area contributed by atoms with Crippen LogP contribution in [0.2, 0.25) is 0 Å². The van der Waals surface area contributed by atoms with Crippen LogP contribution in [0.25, 0.3) is 0 Å². The van der Waals surface area contributed by atoms with E-state index in [9.17, 15) is 5.11 Å². The molecule has 2 aromatic carbocycles. The van der Waals surface area contributed by atoms with E-state index in [1.807, 2.05) is 24.3 Å². The van der Waals surface area contributed by atoms with Crippen LogP contribution >= 0.6 is 7.92 Å². The Labute approximate surface area is 133 Å². The molecule has 22 heavy (non-hydrogen) atoms. The molecule has 1 atom stereocenters. The van der Waals surface area contributed by atoms with Gasteiger partial charge in [-0.05, 0) is 29.7 Å². The first-order chi connectivity index (χ1) is 10.8. The van der Waals surface area contributed by atoms with E-state index in [4.69, 9.17) is 0 Å².